The maximum atomic E-state index is 14.5. The van der Waals surface area contributed by atoms with Gasteiger partial charge in [-0.15, -0.1) is 0 Å². The third-order valence-electron chi connectivity index (χ3n) is 7.94. The Morgan fingerprint density at radius 1 is 0.581 bits per heavy atom. The predicted molar refractivity (Wildman–Crippen MR) is 176 cm³/mol. The second-order valence-corrected chi connectivity index (χ2v) is 10.5. The lowest BCUT2D eigenvalue weighted by molar-refractivity contribution is 0.0992. The number of rotatable bonds is 10. The third-order valence-corrected chi connectivity index (χ3v) is 7.94. The van der Waals surface area contributed by atoms with Gasteiger partial charge in [0.05, 0.1) is 22.5 Å². The minimum atomic E-state index is -0.350. The van der Waals surface area contributed by atoms with Crippen molar-refractivity contribution in [1.82, 2.24) is 9.97 Å². The molecule has 2 aromatic heterocycles. The van der Waals surface area contributed by atoms with Gasteiger partial charge < -0.3 is 15.6 Å². The molecule has 43 heavy (non-hydrogen) atoms. The summed E-state index contributed by atoms with van der Waals surface area (Å²) in [4.78, 5) is 36.8. The van der Waals surface area contributed by atoms with E-state index in [1.54, 1.807) is 12.4 Å². The Labute approximate surface area is 253 Å². The average molecular weight is 571 g/mol. The summed E-state index contributed by atoms with van der Waals surface area (Å²) in [5, 5.41) is 6.44. The van der Waals surface area contributed by atoms with Crippen molar-refractivity contribution in [3.63, 3.8) is 0 Å². The van der Waals surface area contributed by atoms with Gasteiger partial charge >= 0.3 is 0 Å². The lowest BCUT2D eigenvalue weighted by Gasteiger charge is -2.17. The van der Waals surface area contributed by atoms with E-state index < -0.39 is 0 Å². The van der Waals surface area contributed by atoms with Crippen LogP contribution in [0.15, 0.2) is 91.3 Å². The van der Waals surface area contributed by atoms with Gasteiger partial charge in [-0.3, -0.25) is 14.6 Å². The number of aromatic amines is 1. The van der Waals surface area contributed by atoms with Crippen LogP contribution in [-0.2, 0) is 25.7 Å². The molecule has 0 saturated heterocycles. The molecule has 0 spiro atoms. The molecule has 3 N–H and O–H groups in total. The molecular formula is C37H38N4O2. The second-order valence-electron chi connectivity index (χ2n) is 10.5. The minimum Gasteiger partial charge on any atom is -0.353 e. The minimum absolute atomic E-state index is 0.282. The first kappa shape index (κ1) is 29.5. The van der Waals surface area contributed by atoms with Crippen molar-refractivity contribution in [3.05, 3.63) is 125 Å². The van der Waals surface area contributed by atoms with Gasteiger partial charge in [0.2, 0.25) is 0 Å². The average Bonchev–Trinajstić information content (AvgIpc) is 3.47. The number of carbonyl (C=O) groups excluding carboxylic acids is 2. The van der Waals surface area contributed by atoms with Crippen LogP contribution in [0.1, 0.15) is 70.7 Å². The summed E-state index contributed by atoms with van der Waals surface area (Å²) in [6, 6.07) is 25.6. The van der Waals surface area contributed by atoms with Gasteiger partial charge in [0.15, 0.2) is 0 Å². The largest absolute Gasteiger partial charge is 0.353 e. The first-order valence-electron chi connectivity index (χ1n) is 15.1. The van der Waals surface area contributed by atoms with Gasteiger partial charge in [0.25, 0.3) is 11.8 Å². The van der Waals surface area contributed by atoms with Crippen molar-refractivity contribution < 1.29 is 9.59 Å². The van der Waals surface area contributed by atoms with Crippen molar-refractivity contribution in [2.24, 2.45) is 0 Å². The number of para-hydroxylation sites is 2. The molecule has 0 aliphatic carbocycles. The third kappa shape index (κ3) is 6.00. The van der Waals surface area contributed by atoms with E-state index in [1.807, 2.05) is 78.9 Å². The number of carbonyl (C=O) groups is 2. The van der Waals surface area contributed by atoms with Crippen LogP contribution in [-0.4, -0.2) is 21.8 Å². The smallest absolute Gasteiger partial charge is 0.258 e. The Morgan fingerprint density at radius 2 is 1.02 bits per heavy atom. The predicted octanol–water partition coefficient (Wildman–Crippen LogP) is 8.50. The molecule has 218 valence electrons. The van der Waals surface area contributed by atoms with E-state index in [9.17, 15) is 9.59 Å². The van der Waals surface area contributed by atoms with Gasteiger partial charge in [-0.05, 0) is 65.6 Å². The van der Waals surface area contributed by atoms with Gasteiger partial charge in [0, 0.05) is 29.3 Å². The summed E-state index contributed by atoms with van der Waals surface area (Å²) in [6.45, 7) is 8.30. The molecule has 0 saturated carbocycles. The number of hydrogen-bond acceptors (Lipinski definition) is 3. The highest BCUT2D eigenvalue weighted by molar-refractivity contribution is 6.21. The van der Waals surface area contributed by atoms with E-state index in [-0.39, 0.29) is 17.4 Å². The highest BCUT2D eigenvalue weighted by Crippen LogP contribution is 2.36. The molecule has 3 aromatic carbocycles. The van der Waals surface area contributed by atoms with E-state index in [0.29, 0.717) is 22.5 Å². The topological polar surface area (TPSA) is 86.9 Å². The number of benzene rings is 3. The van der Waals surface area contributed by atoms with Crippen LogP contribution in [0.2, 0.25) is 0 Å². The first-order chi connectivity index (χ1) is 21.0. The number of amides is 2. The fourth-order valence-corrected chi connectivity index (χ4v) is 5.66. The number of aryl methyl sites for hydroxylation is 4. The van der Waals surface area contributed by atoms with E-state index in [4.69, 9.17) is 0 Å². The maximum Gasteiger partial charge on any atom is 0.258 e. The Kier molecular flexibility index (Phi) is 9.16. The molecule has 0 unspecified atom stereocenters. The van der Waals surface area contributed by atoms with Gasteiger partial charge in [-0.1, -0.05) is 94.4 Å². The summed E-state index contributed by atoms with van der Waals surface area (Å²) in [5.41, 5.74) is 9.01. The summed E-state index contributed by atoms with van der Waals surface area (Å²) >= 11 is 0. The Hall–Kier alpha value is -4.97. The Bertz CT molecular complexity index is 1570. The molecule has 6 nitrogen and oxygen atoms in total. The number of hydrogen-bond donors (Lipinski definition) is 3. The molecule has 6 heteroatoms. The molecule has 0 bridgehead atoms. The van der Waals surface area contributed by atoms with Crippen molar-refractivity contribution in [2.75, 3.05) is 10.6 Å². The quantitative estimate of drug-likeness (QED) is 0.157. The second kappa shape index (κ2) is 13.3. The van der Waals surface area contributed by atoms with Crippen LogP contribution in [0.4, 0.5) is 11.4 Å². The molecule has 5 aromatic rings. The first-order valence-corrected chi connectivity index (χ1v) is 15.1. The standard InChI is InChI=1S/C37H38N4O2/c1-5-24-17-12-18-25(6-2)32(24)40-36(42)30-31(37(43)41-33-26(7-3)19-13-20-27(33)8-4)35(29-21-14-22-38-23-29)39-34(30)28-15-10-9-11-16-28/h9-23,39H,5-8H2,1-4H3,(H,40,42)(H,41,43). The number of nitrogens with zero attached hydrogens (tertiary/aromatic N) is 1. The zero-order chi connectivity index (χ0) is 30.3. The van der Waals surface area contributed by atoms with E-state index in [0.717, 1.165) is 64.9 Å². The van der Waals surface area contributed by atoms with Gasteiger partial charge in [-0.2, -0.15) is 0 Å². The van der Waals surface area contributed by atoms with Crippen molar-refractivity contribution >= 4 is 23.2 Å². The van der Waals surface area contributed by atoms with E-state index in [1.165, 1.54) is 0 Å². The van der Waals surface area contributed by atoms with Crippen LogP contribution in [0.5, 0.6) is 0 Å². The Morgan fingerprint density at radius 3 is 1.44 bits per heavy atom. The monoisotopic (exact) mass is 570 g/mol. The Balaban J connectivity index is 1.74. The van der Waals surface area contributed by atoms with Crippen molar-refractivity contribution in [2.45, 2.75) is 53.4 Å². The molecule has 0 fully saturated rings. The number of aromatic nitrogens is 2. The van der Waals surface area contributed by atoms with Crippen molar-refractivity contribution in [3.8, 4) is 22.5 Å². The lowest BCUT2D eigenvalue weighted by Crippen LogP contribution is -2.22. The highest BCUT2D eigenvalue weighted by Gasteiger charge is 2.30. The molecule has 0 aliphatic heterocycles. The molecular weight excluding hydrogens is 532 g/mol. The van der Waals surface area contributed by atoms with Crippen LogP contribution in [0.25, 0.3) is 22.5 Å². The number of H-pyrrole nitrogens is 1. The highest BCUT2D eigenvalue weighted by atomic mass is 16.2. The zero-order valence-electron chi connectivity index (χ0n) is 25.3. The van der Waals surface area contributed by atoms with Crippen LogP contribution < -0.4 is 10.6 Å². The van der Waals surface area contributed by atoms with Crippen LogP contribution in [0.3, 0.4) is 0 Å². The summed E-state index contributed by atoms with van der Waals surface area (Å²) < 4.78 is 0. The van der Waals surface area contributed by atoms with Gasteiger partial charge in [0.1, 0.15) is 0 Å². The number of pyridine rings is 1. The molecule has 5 rings (SSSR count). The molecule has 0 aliphatic rings. The number of anilines is 2. The van der Waals surface area contributed by atoms with Gasteiger partial charge in [-0.25, -0.2) is 0 Å². The lowest BCUT2D eigenvalue weighted by atomic mass is 9.98. The molecule has 2 amide bonds. The molecule has 0 radical (unpaired) electrons. The van der Waals surface area contributed by atoms with E-state index >= 15 is 0 Å². The number of nitrogens with one attached hydrogen (secondary N) is 3. The molecule has 2 heterocycles. The van der Waals surface area contributed by atoms with Crippen LogP contribution in [0, 0.1) is 0 Å². The summed E-state index contributed by atoms with van der Waals surface area (Å²) in [5.74, 6) is -0.692. The van der Waals surface area contributed by atoms with E-state index in [2.05, 4.69) is 48.3 Å². The maximum absolute atomic E-state index is 14.5. The zero-order valence-corrected chi connectivity index (χ0v) is 25.3. The normalized spacial score (nSPS) is 10.9. The fraction of sp³-hybridized carbons (Fsp3) is 0.216. The SMILES string of the molecule is CCc1cccc(CC)c1NC(=O)c1c(-c2ccccc2)[nH]c(-c2cccnc2)c1C(=O)Nc1c(CC)cccc1CC. The summed E-state index contributed by atoms with van der Waals surface area (Å²) in [6.07, 6.45) is 6.47. The van der Waals surface area contributed by atoms with Crippen molar-refractivity contribution in [1.29, 1.82) is 0 Å². The summed E-state index contributed by atoms with van der Waals surface area (Å²) in [7, 11) is 0. The fourth-order valence-electron chi connectivity index (χ4n) is 5.66. The van der Waals surface area contributed by atoms with Crippen LogP contribution >= 0.6 is 0 Å². The molecule has 0 atom stereocenters.